The maximum absolute atomic E-state index is 10.3. The first-order valence-corrected chi connectivity index (χ1v) is 5.15. The number of carbonyl (C=O) groups is 4. The Hall–Kier alpha value is -2.68. The van der Waals surface area contributed by atoms with Gasteiger partial charge in [0.15, 0.2) is 0 Å². The molecule has 0 heterocycles. The van der Waals surface area contributed by atoms with Crippen molar-refractivity contribution in [3.05, 3.63) is 24.3 Å². The van der Waals surface area contributed by atoms with E-state index < -0.39 is 23.9 Å². The fraction of sp³-hybridized carbons (Fsp3) is 0.333. The number of aliphatic hydroxyl groups is 1. The summed E-state index contributed by atoms with van der Waals surface area (Å²) < 4.78 is 12.5. The van der Waals surface area contributed by atoms with Gasteiger partial charge in [-0.15, -0.1) is 0 Å². The SMILES string of the molecule is CO.COC(=O)/C=C/C(=O)O.COC(=O)/C=C/C(=O)OC. The zero-order chi connectivity index (χ0) is 17.3. The van der Waals surface area contributed by atoms with E-state index in [4.69, 9.17) is 10.2 Å². The van der Waals surface area contributed by atoms with Crippen LogP contribution in [0.2, 0.25) is 0 Å². The predicted molar refractivity (Wildman–Crippen MR) is 70.1 cm³/mol. The van der Waals surface area contributed by atoms with Crippen molar-refractivity contribution in [2.45, 2.75) is 0 Å². The van der Waals surface area contributed by atoms with E-state index in [2.05, 4.69) is 14.2 Å². The van der Waals surface area contributed by atoms with Crippen LogP contribution in [0.5, 0.6) is 0 Å². The lowest BCUT2D eigenvalue weighted by molar-refractivity contribution is -0.137. The standard InChI is InChI=1S/C6H8O4.C5H6O4.CH4O/c1-9-5(7)3-4-6(8)10-2;1-9-5(8)3-2-4(6)7;1-2/h3-4H,1-2H3;2-3H,1H3,(H,6,7);2H,1H3/b4-3+;3-2+;. The largest absolute Gasteiger partial charge is 0.478 e. The Morgan fingerprint density at radius 1 is 0.667 bits per heavy atom. The summed E-state index contributed by atoms with van der Waals surface area (Å²) in [5, 5.41) is 15.0. The third kappa shape index (κ3) is 22.9. The molecule has 9 heteroatoms. The quantitative estimate of drug-likeness (QED) is 0.392. The van der Waals surface area contributed by atoms with Gasteiger partial charge in [0.2, 0.25) is 0 Å². The highest BCUT2D eigenvalue weighted by atomic mass is 16.5. The first kappa shape index (κ1) is 23.4. The second kappa shape index (κ2) is 17.3. The summed E-state index contributed by atoms with van der Waals surface area (Å²) in [7, 11) is 4.63. The lowest BCUT2D eigenvalue weighted by Crippen LogP contribution is -1.98. The Bertz CT molecular complexity index is 364. The average Bonchev–Trinajstić information content (AvgIpc) is 2.52. The minimum Gasteiger partial charge on any atom is -0.478 e. The Morgan fingerprint density at radius 2 is 0.905 bits per heavy atom. The van der Waals surface area contributed by atoms with Gasteiger partial charge in [0, 0.05) is 31.4 Å². The molecule has 2 N–H and O–H groups in total. The highest BCUT2D eigenvalue weighted by molar-refractivity contribution is 5.91. The molecule has 0 rings (SSSR count). The molecule has 0 aromatic rings. The molecule has 0 aromatic carbocycles. The molecular formula is C12H18O9. The molecule has 0 aliphatic heterocycles. The molecule has 0 unspecified atom stereocenters. The fourth-order valence-electron chi connectivity index (χ4n) is 0.480. The van der Waals surface area contributed by atoms with Crippen LogP contribution in [-0.2, 0) is 33.4 Å². The number of methoxy groups -OCH3 is 3. The molecule has 0 aliphatic rings. The smallest absolute Gasteiger partial charge is 0.330 e. The van der Waals surface area contributed by atoms with Crippen LogP contribution in [-0.4, -0.2) is 62.5 Å². The molecule has 0 saturated carbocycles. The van der Waals surface area contributed by atoms with Crippen molar-refractivity contribution in [1.29, 1.82) is 0 Å². The number of rotatable bonds is 4. The van der Waals surface area contributed by atoms with Crippen molar-refractivity contribution in [2.75, 3.05) is 28.4 Å². The molecule has 9 nitrogen and oxygen atoms in total. The summed E-state index contributed by atoms with van der Waals surface area (Å²) >= 11 is 0. The topological polar surface area (TPSA) is 136 Å². The summed E-state index contributed by atoms with van der Waals surface area (Å²) in [6, 6.07) is 0. The lowest BCUT2D eigenvalue weighted by atomic mass is 10.5. The third-order valence-corrected chi connectivity index (χ3v) is 1.32. The monoisotopic (exact) mass is 306 g/mol. The van der Waals surface area contributed by atoms with Gasteiger partial charge in [-0.2, -0.15) is 0 Å². The minimum atomic E-state index is -1.17. The maximum Gasteiger partial charge on any atom is 0.330 e. The molecule has 0 atom stereocenters. The van der Waals surface area contributed by atoms with Crippen molar-refractivity contribution >= 4 is 23.9 Å². The molecule has 0 aromatic heterocycles. The van der Waals surface area contributed by atoms with Crippen LogP contribution in [0.3, 0.4) is 0 Å². The van der Waals surface area contributed by atoms with Gasteiger partial charge in [0.1, 0.15) is 0 Å². The fourth-order valence-corrected chi connectivity index (χ4v) is 0.480. The van der Waals surface area contributed by atoms with Crippen molar-refractivity contribution in [3.63, 3.8) is 0 Å². The van der Waals surface area contributed by atoms with Gasteiger partial charge in [-0.1, -0.05) is 0 Å². The van der Waals surface area contributed by atoms with E-state index in [1.807, 2.05) is 0 Å². The Morgan fingerprint density at radius 3 is 1.10 bits per heavy atom. The number of carboxylic acids is 1. The maximum atomic E-state index is 10.3. The number of ether oxygens (including phenoxy) is 3. The predicted octanol–water partition coefficient (Wildman–Crippen LogP) is -0.703. The molecule has 0 aliphatic carbocycles. The van der Waals surface area contributed by atoms with Crippen LogP contribution < -0.4 is 0 Å². The van der Waals surface area contributed by atoms with Gasteiger partial charge in [0.05, 0.1) is 21.3 Å². The molecular weight excluding hydrogens is 288 g/mol. The number of carboxylic acid groups (broad SMARTS) is 1. The summed E-state index contributed by atoms with van der Waals surface area (Å²) in [5.74, 6) is -2.99. The number of esters is 3. The van der Waals surface area contributed by atoms with E-state index in [0.29, 0.717) is 6.08 Å². The van der Waals surface area contributed by atoms with Crippen molar-refractivity contribution < 1.29 is 43.6 Å². The summed E-state index contributed by atoms with van der Waals surface area (Å²) in [5.41, 5.74) is 0. The van der Waals surface area contributed by atoms with E-state index in [0.717, 1.165) is 25.3 Å². The average molecular weight is 306 g/mol. The van der Waals surface area contributed by atoms with Gasteiger partial charge in [0.25, 0.3) is 0 Å². The van der Waals surface area contributed by atoms with Crippen LogP contribution >= 0.6 is 0 Å². The van der Waals surface area contributed by atoms with Crippen molar-refractivity contribution in [3.8, 4) is 0 Å². The second-order valence-corrected chi connectivity index (χ2v) is 2.57. The van der Waals surface area contributed by atoms with Crippen LogP contribution in [0.4, 0.5) is 0 Å². The Kier molecular flexibility index (Phi) is 19.3. The zero-order valence-electron chi connectivity index (χ0n) is 12.1. The number of aliphatic carboxylic acids is 1. The summed E-state index contributed by atoms with van der Waals surface area (Å²) in [6.45, 7) is 0. The number of hydrogen-bond donors (Lipinski definition) is 2. The molecule has 0 amide bonds. The van der Waals surface area contributed by atoms with Crippen molar-refractivity contribution in [2.24, 2.45) is 0 Å². The van der Waals surface area contributed by atoms with Gasteiger partial charge in [-0.3, -0.25) is 0 Å². The Labute approximate surface area is 121 Å². The zero-order valence-corrected chi connectivity index (χ0v) is 12.1. The molecule has 0 radical (unpaired) electrons. The van der Waals surface area contributed by atoms with Crippen molar-refractivity contribution in [1.82, 2.24) is 0 Å². The minimum absolute atomic E-state index is 0.578. The molecule has 0 bridgehead atoms. The van der Waals surface area contributed by atoms with Crippen LogP contribution in [0, 0.1) is 0 Å². The van der Waals surface area contributed by atoms with E-state index in [1.54, 1.807) is 0 Å². The van der Waals surface area contributed by atoms with Gasteiger partial charge in [-0.25, -0.2) is 19.2 Å². The first-order chi connectivity index (χ1) is 9.87. The van der Waals surface area contributed by atoms with E-state index in [-0.39, 0.29) is 0 Å². The molecule has 0 spiro atoms. The van der Waals surface area contributed by atoms with E-state index >= 15 is 0 Å². The van der Waals surface area contributed by atoms with Gasteiger partial charge >= 0.3 is 23.9 Å². The normalized spacial score (nSPS) is 8.81. The van der Waals surface area contributed by atoms with Crippen LogP contribution in [0.15, 0.2) is 24.3 Å². The highest BCUT2D eigenvalue weighted by Crippen LogP contribution is 1.80. The molecule has 0 saturated heterocycles. The lowest BCUT2D eigenvalue weighted by Gasteiger charge is -1.89. The number of aliphatic hydroxyl groups excluding tert-OH is 1. The Balaban J connectivity index is -0.000000277. The first-order valence-electron chi connectivity index (χ1n) is 5.15. The van der Waals surface area contributed by atoms with E-state index in [1.165, 1.54) is 21.3 Å². The number of carbonyl (C=O) groups excluding carboxylic acids is 3. The number of hydrogen-bond acceptors (Lipinski definition) is 8. The summed E-state index contributed by atoms with van der Waals surface area (Å²) in [4.78, 5) is 40.5. The molecule has 0 fully saturated rings. The third-order valence-electron chi connectivity index (χ3n) is 1.32. The second-order valence-electron chi connectivity index (χ2n) is 2.57. The van der Waals surface area contributed by atoms with Gasteiger partial charge < -0.3 is 24.4 Å². The van der Waals surface area contributed by atoms with Gasteiger partial charge in [-0.05, 0) is 0 Å². The molecule has 120 valence electrons. The van der Waals surface area contributed by atoms with Crippen LogP contribution in [0.25, 0.3) is 0 Å². The molecule has 21 heavy (non-hydrogen) atoms. The van der Waals surface area contributed by atoms with Crippen LogP contribution in [0.1, 0.15) is 0 Å². The highest BCUT2D eigenvalue weighted by Gasteiger charge is 1.94. The van der Waals surface area contributed by atoms with E-state index in [9.17, 15) is 19.2 Å². The summed E-state index contributed by atoms with van der Waals surface area (Å²) in [6.07, 6.45) is 3.53.